The summed E-state index contributed by atoms with van der Waals surface area (Å²) in [5.74, 6) is -0.717. The Balaban J connectivity index is 1.71. The van der Waals surface area contributed by atoms with E-state index >= 15 is 0 Å². The maximum atomic E-state index is 12.8. The summed E-state index contributed by atoms with van der Waals surface area (Å²) in [7, 11) is -3.55. The van der Waals surface area contributed by atoms with Crippen LogP contribution in [0.15, 0.2) is 34.1 Å². The maximum Gasteiger partial charge on any atom is 0.301 e. The van der Waals surface area contributed by atoms with Crippen molar-refractivity contribution in [2.45, 2.75) is 32.7 Å². The molecule has 0 unspecified atom stereocenters. The molecule has 3 rings (SSSR count). The number of anilines is 2. The minimum absolute atomic E-state index is 0.333. The van der Waals surface area contributed by atoms with Crippen molar-refractivity contribution in [3.05, 3.63) is 44.6 Å². The van der Waals surface area contributed by atoms with Gasteiger partial charge in [0.2, 0.25) is 5.91 Å². The number of carbonyl (C=O) groups is 2. The number of hydrogen-bond donors (Lipinski definition) is 3. The van der Waals surface area contributed by atoms with E-state index in [0.29, 0.717) is 41.3 Å². The molecule has 1 fully saturated rings. The molecule has 30 heavy (non-hydrogen) atoms. The molecule has 3 N–H and O–H groups in total. The third kappa shape index (κ3) is 5.02. The molecule has 1 saturated heterocycles. The average Bonchev–Trinajstić information content (AvgIpc) is 3.08. The van der Waals surface area contributed by atoms with Crippen molar-refractivity contribution >= 4 is 60.7 Å². The lowest BCUT2D eigenvalue weighted by Crippen LogP contribution is -2.52. The van der Waals surface area contributed by atoms with Gasteiger partial charge < -0.3 is 10.6 Å². The normalized spacial score (nSPS) is 16.2. The number of aryl methyl sites for hydroxylation is 1. The summed E-state index contributed by atoms with van der Waals surface area (Å²) in [6.45, 7) is 5.86. The summed E-state index contributed by atoms with van der Waals surface area (Å²) in [4.78, 5) is 25.7. The molecule has 11 heteroatoms. The Hall–Kier alpha value is -1.95. The first-order valence-corrected chi connectivity index (χ1v) is 12.3. The molecule has 2 aromatic rings. The molecule has 1 aliphatic heterocycles. The molecule has 2 heterocycles. The van der Waals surface area contributed by atoms with Gasteiger partial charge in [-0.3, -0.25) is 13.9 Å². The first-order valence-electron chi connectivity index (χ1n) is 9.27. The SMILES string of the molecule is Cc1cc(NC(=O)C(C)(C)NC(=O)c2ccc(Br)s2)ccc1N1CCCNS1(=O)=O. The zero-order valence-corrected chi connectivity index (χ0v) is 20.0. The van der Waals surface area contributed by atoms with E-state index in [1.54, 1.807) is 51.1 Å². The fourth-order valence-electron chi connectivity index (χ4n) is 3.01. The molecule has 0 aliphatic carbocycles. The summed E-state index contributed by atoms with van der Waals surface area (Å²) in [6.07, 6.45) is 0.714. The number of halogens is 1. The highest BCUT2D eigenvalue weighted by Gasteiger charge is 2.31. The Morgan fingerprint density at radius 3 is 2.57 bits per heavy atom. The van der Waals surface area contributed by atoms with Crippen LogP contribution in [-0.2, 0) is 15.0 Å². The fraction of sp³-hybridized carbons (Fsp3) is 0.368. The van der Waals surface area contributed by atoms with Crippen LogP contribution in [0.2, 0.25) is 0 Å². The van der Waals surface area contributed by atoms with Gasteiger partial charge in [-0.15, -0.1) is 11.3 Å². The van der Waals surface area contributed by atoms with Crippen molar-refractivity contribution in [1.29, 1.82) is 0 Å². The maximum absolute atomic E-state index is 12.8. The van der Waals surface area contributed by atoms with Crippen molar-refractivity contribution in [2.24, 2.45) is 0 Å². The van der Waals surface area contributed by atoms with Gasteiger partial charge in [0.1, 0.15) is 5.54 Å². The number of nitrogens with zero attached hydrogens (tertiary/aromatic N) is 1. The molecule has 0 atom stereocenters. The Morgan fingerprint density at radius 1 is 1.23 bits per heavy atom. The molecule has 1 aromatic heterocycles. The smallest absolute Gasteiger partial charge is 0.301 e. The highest BCUT2D eigenvalue weighted by molar-refractivity contribution is 9.11. The largest absolute Gasteiger partial charge is 0.337 e. The Morgan fingerprint density at radius 2 is 1.97 bits per heavy atom. The Bertz CT molecular complexity index is 1080. The minimum Gasteiger partial charge on any atom is -0.337 e. The molecule has 0 bridgehead atoms. The number of amides is 2. The number of hydrogen-bond acceptors (Lipinski definition) is 5. The highest BCUT2D eigenvalue weighted by Crippen LogP contribution is 2.27. The molecule has 162 valence electrons. The standard InChI is InChI=1S/C19H23BrN4O4S2/c1-12-11-13(5-6-14(12)24-10-4-9-21-30(24,27)28)22-18(26)19(2,3)23-17(25)15-7-8-16(20)29-15/h5-8,11,21H,4,9-10H2,1-3H3,(H,22,26)(H,23,25). The van der Waals surface area contributed by atoms with Crippen molar-refractivity contribution in [3.63, 3.8) is 0 Å². The number of thiophene rings is 1. The predicted molar refractivity (Wildman–Crippen MR) is 122 cm³/mol. The number of nitrogens with one attached hydrogen (secondary N) is 3. The van der Waals surface area contributed by atoms with Crippen LogP contribution in [0.25, 0.3) is 0 Å². The average molecular weight is 515 g/mol. The number of carbonyl (C=O) groups excluding carboxylic acids is 2. The first-order chi connectivity index (χ1) is 14.0. The van der Waals surface area contributed by atoms with Gasteiger partial charge >= 0.3 is 10.2 Å². The van der Waals surface area contributed by atoms with E-state index in [-0.39, 0.29) is 11.8 Å². The van der Waals surface area contributed by atoms with E-state index in [0.717, 1.165) is 3.79 Å². The summed E-state index contributed by atoms with van der Waals surface area (Å²) in [5.41, 5.74) is 0.645. The fourth-order valence-corrected chi connectivity index (χ4v) is 5.68. The van der Waals surface area contributed by atoms with Crippen LogP contribution in [0.5, 0.6) is 0 Å². The van der Waals surface area contributed by atoms with E-state index in [9.17, 15) is 18.0 Å². The van der Waals surface area contributed by atoms with Gasteiger partial charge in [0.05, 0.1) is 14.4 Å². The lowest BCUT2D eigenvalue weighted by atomic mass is 10.0. The second-order valence-electron chi connectivity index (χ2n) is 7.46. The van der Waals surface area contributed by atoms with Gasteiger partial charge in [-0.1, -0.05) is 0 Å². The summed E-state index contributed by atoms with van der Waals surface area (Å²) < 4.78 is 29.2. The Kier molecular flexibility index (Phi) is 6.56. The molecular weight excluding hydrogens is 492 g/mol. The molecule has 0 saturated carbocycles. The Labute approximate surface area is 188 Å². The van der Waals surface area contributed by atoms with Crippen LogP contribution < -0.4 is 19.7 Å². The van der Waals surface area contributed by atoms with Crippen LogP contribution in [0, 0.1) is 6.92 Å². The second kappa shape index (κ2) is 8.66. The first kappa shape index (κ1) is 22.7. The monoisotopic (exact) mass is 514 g/mol. The molecular formula is C19H23BrN4O4S2. The third-order valence-corrected chi connectivity index (χ3v) is 7.78. The van der Waals surface area contributed by atoms with Crippen molar-refractivity contribution in [1.82, 2.24) is 10.0 Å². The molecule has 0 spiro atoms. The predicted octanol–water partition coefficient (Wildman–Crippen LogP) is 3.01. The minimum atomic E-state index is -3.55. The van der Waals surface area contributed by atoms with Crippen LogP contribution in [-0.4, -0.2) is 38.9 Å². The topological polar surface area (TPSA) is 108 Å². The van der Waals surface area contributed by atoms with Gasteiger partial charge in [-0.2, -0.15) is 13.1 Å². The van der Waals surface area contributed by atoms with Crippen LogP contribution >= 0.6 is 27.3 Å². The van der Waals surface area contributed by atoms with E-state index in [1.807, 2.05) is 0 Å². The zero-order chi connectivity index (χ0) is 22.1. The summed E-state index contributed by atoms with van der Waals surface area (Å²) in [5, 5.41) is 5.53. The van der Waals surface area contributed by atoms with Gasteiger partial charge in [-0.25, -0.2) is 0 Å². The quantitative estimate of drug-likeness (QED) is 0.569. The second-order valence-corrected chi connectivity index (χ2v) is 11.6. The van der Waals surface area contributed by atoms with Gasteiger partial charge in [-0.05, 0) is 79.0 Å². The highest BCUT2D eigenvalue weighted by atomic mass is 79.9. The van der Waals surface area contributed by atoms with E-state index in [4.69, 9.17) is 0 Å². The lowest BCUT2D eigenvalue weighted by molar-refractivity contribution is -0.120. The molecule has 0 radical (unpaired) electrons. The van der Waals surface area contributed by atoms with E-state index in [2.05, 4.69) is 31.3 Å². The molecule has 1 aliphatic rings. The van der Waals surface area contributed by atoms with Gasteiger partial charge in [0.25, 0.3) is 5.91 Å². The van der Waals surface area contributed by atoms with Crippen molar-refractivity contribution < 1.29 is 18.0 Å². The summed E-state index contributed by atoms with van der Waals surface area (Å²) in [6, 6.07) is 8.49. The van der Waals surface area contributed by atoms with Crippen LogP contribution in [0.3, 0.4) is 0 Å². The van der Waals surface area contributed by atoms with Crippen LogP contribution in [0.4, 0.5) is 11.4 Å². The van der Waals surface area contributed by atoms with Gasteiger partial charge in [0.15, 0.2) is 0 Å². The number of rotatable bonds is 5. The van der Waals surface area contributed by atoms with Crippen molar-refractivity contribution in [2.75, 3.05) is 22.7 Å². The van der Waals surface area contributed by atoms with Gasteiger partial charge in [0, 0.05) is 18.8 Å². The van der Waals surface area contributed by atoms with E-state index < -0.39 is 15.7 Å². The van der Waals surface area contributed by atoms with Crippen molar-refractivity contribution in [3.8, 4) is 0 Å². The molecule has 1 aromatic carbocycles. The third-order valence-electron chi connectivity index (χ3n) is 4.63. The molecule has 8 nitrogen and oxygen atoms in total. The van der Waals surface area contributed by atoms with E-state index in [1.165, 1.54) is 15.6 Å². The summed E-state index contributed by atoms with van der Waals surface area (Å²) >= 11 is 4.60. The lowest BCUT2D eigenvalue weighted by Gasteiger charge is -2.30. The number of benzene rings is 1. The molecule has 2 amide bonds. The van der Waals surface area contributed by atoms with Crippen LogP contribution in [0.1, 0.15) is 35.5 Å². The zero-order valence-electron chi connectivity index (χ0n) is 16.8.